The highest BCUT2D eigenvalue weighted by Crippen LogP contribution is 2.22. The van der Waals surface area contributed by atoms with Gasteiger partial charge < -0.3 is 10.4 Å². The Morgan fingerprint density at radius 2 is 1.77 bits per heavy atom. The van der Waals surface area contributed by atoms with E-state index < -0.39 is 5.97 Å². The number of carboxylic acids is 1. The van der Waals surface area contributed by atoms with Gasteiger partial charge in [-0.3, -0.25) is 19.4 Å². The van der Waals surface area contributed by atoms with Crippen LogP contribution >= 0.6 is 0 Å². The fraction of sp³-hybridized carbons (Fsp3) is 0.600. The number of nitrogens with zero attached hydrogens (tertiary/aromatic N) is 2. The summed E-state index contributed by atoms with van der Waals surface area (Å²) >= 11 is 0. The summed E-state index contributed by atoms with van der Waals surface area (Å²) < 4.78 is 0. The Morgan fingerprint density at radius 3 is 2.27 bits per heavy atom. The van der Waals surface area contributed by atoms with Gasteiger partial charge in [0.25, 0.3) is 0 Å². The van der Waals surface area contributed by atoms with Crippen LogP contribution in [0.2, 0.25) is 0 Å². The summed E-state index contributed by atoms with van der Waals surface area (Å²) in [7, 11) is 0. The van der Waals surface area contributed by atoms with Gasteiger partial charge in [-0.05, 0) is 51.3 Å². The van der Waals surface area contributed by atoms with Gasteiger partial charge in [-0.1, -0.05) is 24.6 Å². The fourth-order valence-electron chi connectivity index (χ4n) is 3.87. The Labute approximate surface area is 156 Å². The van der Waals surface area contributed by atoms with Gasteiger partial charge in [-0.25, -0.2) is 0 Å². The van der Waals surface area contributed by atoms with Crippen LogP contribution in [0.1, 0.15) is 36.5 Å². The number of benzene rings is 1. The van der Waals surface area contributed by atoms with E-state index in [9.17, 15) is 9.59 Å². The SMILES string of the molecule is CCN(CC(=O)O)C1CCN(CC(=O)Nc2c(C)cc(C)cc2C)CC1. The van der Waals surface area contributed by atoms with Crippen LogP contribution < -0.4 is 5.32 Å². The molecule has 0 unspecified atom stereocenters. The second kappa shape index (κ2) is 9.14. The van der Waals surface area contributed by atoms with Crippen molar-refractivity contribution in [1.82, 2.24) is 9.80 Å². The van der Waals surface area contributed by atoms with E-state index in [0.717, 1.165) is 49.3 Å². The number of carboxylic acid groups (broad SMARTS) is 1. The summed E-state index contributed by atoms with van der Waals surface area (Å²) in [6, 6.07) is 4.45. The molecular weight excluding hydrogens is 330 g/mol. The molecule has 6 nitrogen and oxygen atoms in total. The molecule has 0 aromatic heterocycles. The first-order chi connectivity index (χ1) is 12.3. The lowest BCUT2D eigenvalue weighted by Gasteiger charge is -2.37. The number of carbonyl (C=O) groups excluding carboxylic acids is 1. The number of nitrogens with one attached hydrogen (secondary N) is 1. The third kappa shape index (κ3) is 5.54. The average Bonchev–Trinajstić information content (AvgIpc) is 2.56. The molecular formula is C20H31N3O3. The lowest BCUT2D eigenvalue weighted by Crippen LogP contribution is -2.48. The number of aliphatic carboxylic acids is 1. The number of carbonyl (C=O) groups is 2. The van der Waals surface area contributed by atoms with Crippen LogP contribution in [0.25, 0.3) is 0 Å². The van der Waals surface area contributed by atoms with Crippen LogP contribution in [0.15, 0.2) is 12.1 Å². The highest BCUT2D eigenvalue weighted by Gasteiger charge is 2.26. The van der Waals surface area contributed by atoms with Gasteiger partial charge in [0.2, 0.25) is 5.91 Å². The van der Waals surface area contributed by atoms with Crippen molar-refractivity contribution in [1.29, 1.82) is 0 Å². The molecule has 1 aliphatic rings. The molecule has 2 rings (SSSR count). The van der Waals surface area contributed by atoms with Crippen molar-refractivity contribution in [2.24, 2.45) is 0 Å². The molecule has 1 aromatic rings. The number of hydrogen-bond acceptors (Lipinski definition) is 4. The number of likely N-dealkylation sites (N-methyl/N-ethyl adjacent to an activating group) is 1. The van der Waals surface area contributed by atoms with Crippen molar-refractivity contribution < 1.29 is 14.7 Å². The molecule has 0 saturated carbocycles. The monoisotopic (exact) mass is 361 g/mol. The maximum Gasteiger partial charge on any atom is 0.317 e. The predicted molar refractivity (Wildman–Crippen MR) is 104 cm³/mol. The molecule has 1 heterocycles. The Balaban J connectivity index is 1.86. The molecule has 0 atom stereocenters. The van der Waals surface area contributed by atoms with Gasteiger partial charge in [0.1, 0.15) is 0 Å². The highest BCUT2D eigenvalue weighted by molar-refractivity contribution is 5.93. The molecule has 1 aromatic carbocycles. The Morgan fingerprint density at radius 1 is 1.19 bits per heavy atom. The first-order valence-corrected chi connectivity index (χ1v) is 9.36. The minimum atomic E-state index is -0.780. The number of aryl methyl sites for hydroxylation is 3. The van der Waals surface area contributed by atoms with E-state index in [0.29, 0.717) is 6.54 Å². The van der Waals surface area contributed by atoms with Crippen LogP contribution in [-0.2, 0) is 9.59 Å². The number of hydrogen-bond donors (Lipinski definition) is 2. The van der Waals surface area contributed by atoms with E-state index in [1.807, 2.05) is 25.7 Å². The Kier molecular flexibility index (Phi) is 7.17. The van der Waals surface area contributed by atoms with Crippen molar-refractivity contribution >= 4 is 17.6 Å². The topological polar surface area (TPSA) is 72.9 Å². The van der Waals surface area contributed by atoms with Crippen molar-refractivity contribution in [2.75, 3.05) is 38.0 Å². The van der Waals surface area contributed by atoms with E-state index in [1.165, 1.54) is 5.56 Å². The zero-order chi connectivity index (χ0) is 19.3. The Bertz CT molecular complexity index is 629. The fourth-order valence-corrected chi connectivity index (χ4v) is 3.87. The maximum absolute atomic E-state index is 12.4. The van der Waals surface area contributed by atoms with E-state index in [4.69, 9.17) is 5.11 Å². The first kappa shape index (κ1) is 20.4. The molecule has 1 amide bonds. The number of likely N-dealkylation sites (tertiary alicyclic amines) is 1. The minimum absolute atomic E-state index is 0.0105. The lowest BCUT2D eigenvalue weighted by molar-refractivity contribution is -0.139. The predicted octanol–water partition coefficient (Wildman–Crippen LogP) is 2.42. The van der Waals surface area contributed by atoms with Gasteiger partial charge >= 0.3 is 5.97 Å². The third-order valence-corrected chi connectivity index (χ3v) is 5.13. The zero-order valence-corrected chi connectivity index (χ0v) is 16.3. The molecule has 144 valence electrons. The van der Waals surface area contributed by atoms with Crippen molar-refractivity contribution in [3.05, 3.63) is 28.8 Å². The van der Waals surface area contributed by atoms with Gasteiger partial charge in [0.05, 0.1) is 13.1 Å². The van der Waals surface area contributed by atoms with Crippen LogP contribution in [0.5, 0.6) is 0 Å². The smallest absolute Gasteiger partial charge is 0.317 e. The normalized spacial score (nSPS) is 16.0. The van der Waals surface area contributed by atoms with Crippen LogP contribution in [0.3, 0.4) is 0 Å². The minimum Gasteiger partial charge on any atom is -0.480 e. The second-order valence-electron chi connectivity index (χ2n) is 7.29. The molecule has 1 aliphatic heterocycles. The molecule has 6 heteroatoms. The Hall–Kier alpha value is -1.92. The summed E-state index contributed by atoms with van der Waals surface area (Å²) in [6.07, 6.45) is 1.80. The number of anilines is 1. The third-order valence-electron chi connectivity index (χ3n) is 5.13. The molecule has 26 heavy (non-hydrogen) atoms. The van der Waals surface area contributed by atoms with Crippen LogP contribution in [0.4, 0.5) is 5.69 Å². The van der Waals surface area contributed by atoms with E-state index in [-0.39, 0.29) is 18.5 Å². The standard InChI is InChI=1S/C20H31N3O3/c1-5-23(13-19(25)26)17-6-8-22(9-7-17)12-18(24)21-20-15(3)10-14(2)11-16(20)4/h10-11,17H,5-9,12-13H2,1-4H3,(H,21,24)(H,25,26). The van der Waals surface area contributed by atoms with E-state index in [1.54, 1.807) is 0 Å². The highest BCUT2D eigenvalue weighted by atomic mass is 16.4. The largest absolute Gasteiger partial charge is 0.480 e. The number of rotatable bonds is 7. The summed E-state index contributed by atoms with van der Waals surface area (Å²) in [5, 5.41) is 12.1. The van der Waals surface area contributed by atoms with Crippen LogP contribution in [0, 0.1) is 20.8 Å². The lowest BCUT2D eigenvalue weighted by atomic mass is 10.0. The zero-order valence-electron chi connectivity index (χ0n) is 16.3. The van der Waals surface area contributed by atoms with Crippen LogP contribution in [-0.4, -0.2) is 65.5 Å². The van der Waals surface area contributed by atoms with Gasteiger partial charge in [-0.15, -0.1) is 0 Å². The molecule has 1 saturated heterocycles. The average molecular weight is 361 g/mol. The quantitative estimate of drug-likeness (QED) is 0.780. The summed E-state index contributed by atoms with van der Waals surface area (Å²) in [6.45, 7) is 10.9. The summed E-state index contributed by atoms with van der Waals surface area (Å²) in [5.41, 5.74) is 4.28. The molecule has 0 aliphatic carbocycles. The first-order valence-electron chi connectivity index (χ1n) is 9.36. The summed E-state index contributed by atoms with van der Waals surface area (Å²) in [5.74, 6) is -0.770. The molecule has 0 spiro atoms. The molecule has 0 radical (unpaired) electrons. The maximum atomic E-state index is 12.4. The molecule has 0 bridgehead atoms. The molecule has 1 fully saturated rings. The van der Waals surface area contributed by atoms with Crippen molar-refractivity contribution in [2.45, 2.75) is 46.6 Å². The number of amides is 1. The van der Waals surface area contributed by atoms with Gasteiger partial charge in [-0.2, -0.15) is 0 Å². The van der Waals surface area contributed by atoms with Crippen molar-refractivity contribution in [3.63, 3.8) is 0 Å². The van der Waals surface area contributed by atoms with Gasteiger partial charge in [0.15, 0.2) is 0 Å². The van der Waals surface area contributed by atoms with Gasteiger partial charge in [0, 0.05) is 24.8 Å². The van der Waals surface area contributed by atoms with E-state index >= 15 is 0 Å². The van der Waals surface area contributed by atoms with E-state index in [2.05, 4.69) is 29.3 Å². The molecule has 2 N–H and O–H groups in total. The summed E-state index contributed by atoms with van der Waals surface area (Å²) in [4.78, 5) is 27.6. The second-order valence-corrected chi connectivity index (χ2v) is 7.29. The number of piperidine rings is 1. The van der Waals surface area contributed by atoms with Crippen molar-refractivity contribution in [3.8, 4) is 0 Å².